The van der Waals surface area contributed by atoms with E-state index in [1.54, 1.807) is 0 Å². The summed E-state index contributed by atoms with van der Waals surface area (Å²) in [6.45, 7) is 5.60. The molecule has 1 aromatic heterocycles. The lowest BCUT2D eigenvalue weighted by molar-refractivity contribution is 0.495. The molecule has 92 valence electrons. The zero-order valence-electron chi connectivity index (χ0n) is 9.94. The highest BCUT2D eigenvalue weighted by Crippen LogP contribution is 2.31. The molecular formula is C13H15BrFNO. The molecule has 0 saturated carbocycles. The van der Waals surface area contributed by atoms with E-state index >= 15 is 0 Å². The molecule has 0 unspecified atom stereocenters. The van der Waals surface area contributed by atoms with Crippen LogP contribution in [0.2, 0.25) is 0 Å². The van der Waals surface area contributed by atoms with E-state index in [2.05, 4.69) is 28.2 Å². The van der Waals surface area contributed by atoms with Gasteiger partial charge in [-0.25, -0.2) is 4.39 Å². The van der Waals surface area contributed by atoms with Crippen molar-refractivity contribution < 1.29 is 8.81 Å². The average Bonchev–Trinajstić information content (AvgIpc) is 2.64. The number of furan rings is 1. The van der Waals surface area contributed by atoms with Gasteiger partial charge in [0.2, 0.25) is 0 Å². The van der Waals surface area contributed by atoms with E-state index in [-0.39, 0.29) is 5.82 Å². The lowest BCUT2D eigenvalue weighted by atomic mass is 10.1. The molecule has 0 spiro atoms. The van der Waals surface area contributed by atoms with Crippen molar-refractivity contribution in [2.75, 3.05) is 6.54 Å². The quantitative estimate of drug-likeness (QED) is 0.923. The number of hydrogen-bond donors (Lipinski definition) is 1. The van der Waals surface area contributed by atoms with Crippen molar-refractivity contribution in [2.24, 2.45) is 0 Å². The molecule has 2 rings (SSSR count). The number of fused-ring (bicyclic) bond motifs is 1. The van der Waals surface area contributed by atoms with Crippen LogP contribution in [-0.2, 0) is 13.0 Å². The highest BCUT2D eigenvalue weighted by atomic mass is 79.9. The first-order valence-corrected chi connectivity index (χ1v) is 6.56. The van der Waals surface area contributed by atoms with Gasteiger partial charge in [-0.3, -0.25) is 0 Å². The molecule has 0 aliphatic carbocycles. The van der Waals surface area contributed by atoms with Crippen molar-refractivity contribution in [3.8, 4) is 0 Å². The van der Waals surface area contributed by atoms with E-state index in [4.69, 9.17) is 4.42 Å². The van der Waals surface area contributed by atoms with Gasteiger partial charge in [-0.05, 0) is 25.1 Å². The van der Waals surface area contributed by atoms with Gasteiger partial charge in [-0.15, -0.1) is 0 Å². The van der Waals surface area contributed by atoms with Crippen molar-refractivity contribution in [2.45, 2.75) is 26.8 Å². The maximum absolute atomic E-state index is 13.8. The van der Waals surface area contributed by atoms with Gasteiger partial charge in [0.1, 0.15) is 5.76 Å². The third kappa shape index (κ3) is 2.38. The van der Waals surface area contributed by atoms with Crippen LogP contribution in [0.4, 0.5) is 4.39 Å². The second kappa shape index (κ2) is 5.19. The summed E-state index contributed by atoms with van der Waals surface area (Å²) < 4.78 is 20.1. The molecule has 0 saturated heterocycles. The van der Waals surface area contributed by atoms with Gasteiger partial charge in [0, 0.05) is 15.4 Å². The number of aryl methyl sites for hydroxylation is 1. The van der Waals surface area contributed by atoms with Crippen LogP contribution >= 0.6 is 15.9 Å². The maximum Gasteiger partial charge on any atom is 0.170 e. The Morgan fingerprint density at radius 1 is 1.35 bits per heavy atom. The van der Waals surface area contributed by atoms with Gasteiger partial charge in [0.25, 0.3) is 0 Å². The lowest BCUT2D eigenvalue weighted by Crippen LogP contribution is -2.12. The molecule has 2 aromatic rings. The lowest BCUT2D eigenvalue weighted by Gasteiger charge is -2.00. The smallest absolute Gasteiger partial charge is 0.170 e. The van der Waals surface area contributed by atoms with Crippen LogP contribution in [0.25, 0.3) is 11.0 Å². The Morgan fingerprint density at radius 3 is 2.76 bits per heavy atom. The molecule has 17 heavy (non-hydrogen) atoms. The molecule has 0 atom stereocenters. The third-order valence-corrected chi connectivity index (χ3v) is 3.24. The number of rotatable bonds is 4. The monoisotopic (exact) mass is 299 g/mol. The molecule has 0 amide bonds. The van der Waals surface area contributed by atoms with Crippen LogP contribution in [0.5, 0.6) is 0 Å². The number of benzene rings is 1. The zero-order valence-corrected chi connectivity index (χ0v) is 11.5. The van der Waals surface area contributed by atoms with E-state index < -0.39 is 0 Å². The first-order valence-electron chi connectivity index (χ1n) is 5.77. The summed E-state index contributed by atoms with van der Waals surface area (Å²) in [5, 5.41) is 4.07. The van der Waals surface area contributed by atoms with E-state index in [0.717, 1.165) is 34.1 Å². The SMILES string of the molecule is CCNCc1oc2c(F)cc(Br)cc2c1CC. The number of halogens is 2. The van der Waals surface area contributed by atoms with Gasteiger partial charge in [0.05, 0.1) is 6.54 Å². The maximum atomic E-state index is 13.8. The Morgan fingerprint density at radius 2 is 2.12 bits per heavy atom. The van der Waals surface area contributed by atoms with E-state index in [1.165, 1.54) is 6.07 Å². The highest BCUT2D eigenvalue weighted by Gasteiger charge is 2.16. The molecule has 0 radical (unpaired) electrons. The second-order valence-corrected chi connectivity index (χ2v) is 4.82. The van der Waals surface area contributed by atoms with E-state index in [9.17, 15) is 4.39 Å². The van der Waals surface area contributed by atoms with Crippen LogP contribution in [0.15, 0.2) is 21.0 Å². The average molecular weight is 300 g/mol. The Bertz CT molecular complexity index is 536. The first-order chi connectivity index (χ1) is 8.17. The summed E-state index contributed by atoms with van der Waals surface area (Å²) in [6, 6.07) is 3.35. The standard InChI is InChI=1S/C13H15BrFNO/c1-3-9-10-5-8(14)6-11(15)13(10)17-12(9)7-16-4-2/h5-6,16H,3-4,7H2,1-2H3. The van der Waals surface area contributed by atoms with Gasteiger partial charge in [-0.1, -0.05) is 29.8 Å². The van der Waals surface area contributed by atoms with Gasteiger partial charge < -0.3 is 9.73 Å². The van der Waals surface area contributed by atoms with Crippen molar-refractivity contribution >= 4 is 26.9 Å². The molecule has 0 fully saturated rings. The topological polar surface area (TPSA) is 25.2 Å². The van der Waals surface area contributed by atoms with Gasteiger partial charge in [-0.2, -0.15) is 0 Å². The van der Waals surface area contributed by atoms with Crippen molar-refractivity contribution in [3.63, 3.8) is 0 Å². The predicted molar refractivity (Wildman–Crippen MR) is 70.6 cm³/mol. The Kier molecular flexibility index (Phi) is 3.84. The van der Waals surface area contributed by atoms with Crippen LogP contribution in [0.1, 0.15) is 25.2 Å². The summed E-state index contributed by atoms with van der Waals surface area (Å²) in [5.74, 6) is 0.521. The molecule has 0 aliphatic rings. The van der Waals surface area contributed by atoms with E-state index in [0.29, 0.717) is 12.1 Å². The van der Waals surface area contributed by atoms with Crippen molar-refractivity contribution in [1.82, 2.24) is 5.32 Å². The summed E-state index contributed by atoms with van der Waals surface area (Å²) in [6.07, 6.45) is 0.837. The molecule has 1 aromatic carbocycles. The van der Waals surface area contributed by atoms with Crippen LogP contribution in [0, 0.1) is 5.82 Å². The molecule has 0 bridgehead atoms. The Hall–Kier alpha value is -0.870. The normalized spacial score (nSPS) is 11.3. The second-order valence-electron chi connectivity index (χ2n) is 3.90. The molecule has 2 nitrogen and oxygen atoms in total. The largest absolute Gasteiger partial charge is 0.456 e. The first kappa shape index (κ1) is 12.6. The van der Waals surface area contributed by atoms with Gasteiger partial charge >= 0.3 is 0 Å². The molecular weight excluding hydrogens is 285 g/mol. The number of nitrogens with one attached hydrogen (secondary N) is 1. The fourth-order valence-corrected chi connectivity index (χ4v) is 2.42. The summed E-state index contributed by atoms with van der Waals surface area (Å²) in [4.78, 5) is 0. The summed E-state index contributed by atoms with van der Waals surface area (Å²) >= 11 is 3.31. The predicted octanol–water partition coefficient (Wildman–Crippen LogP) is 4.01. The van der Waals surface area contributed by atoms with E-state index in [1.807, 2.05) is 13.0 Å². The summed E-state index contributed by atoms with van der Waals surface area (Å²) in [7, 11) is 0. The van der Waals surface area contributed by atoms with Crippen LogP contribution in [0.3, 0.4) is 0 Å². The minimum atomic E-state index is -0.313. The van der Waals surface area contributed by atoms with Crippen LogP contribution in [-0.4, -0.2) is 6.54 Å². The molecule has 4 heteroatoms. The summed E-state index contributed by atoms with van der Waals surface area (Å²) in [5.41, 5.74) is 1.44. The molecule has 0 aliphatic heterocycles. The fourth-order valence-electron chi connectivity index (χ4n) is 1.99. The Balaban J connectivity index is 2.58. The van der Waals surface area contributed by atoms with Gasteiger partial charge in [0.15, 0.2) is 11.4 Å². The fraction of sp³-hybridized carbons (Fsp3) is 0.385. The third-order valence-electron chi connectivity index (χ3n) is 2.78. The zero-order chi connectivity index (χ0) is 12.4. The highest BCUT2D eigenvalue weighted by molar-refractivity contribution is 9.10. The van der Waals surface area contributed by atoms with Crippen molar-refractivity contribution in [3.05, 3.63) is 33.7 Å². The molecule has 1 N–H and O–H groups in total. The minimum Gasteiger partial charge on any atom is -0.456 e. The van der Waals surface area contributed by atoms with Crippen LogP contribution < -0.4 is 5.32 Å². The number of hydrogen-bond acceptors (Lipinski definition) is 2. The molecule has 1 heterocycles. The minimum absolute atomic E-state index is 0.313. The Labute approximate surface area is 108 Å². The van der Waals surface area contributed by atoms with Crippen molar-refractivity contribution in [1.29, 1.82) is 0 Å².